The molecule has 0 bridgehead atoms. The number of carbonyl (C=O) groups excluding carboxylic acids is 5. The third-order valence-electron chi connectivity index (χ3n) is 16.1. The average Bonchev–Trinajstić information content (AvgIpc) is 2.94. The molecule has 12 nitrogen and oxygen atoms in total. The van der Waals surface area contributed by atoms with Gasteiger partial charge in [-0.15, -0.1) is 0 Å². The number of hydrogen-bond acceptors (Lipinski definition) is 13. The first-order valence-electron chi connectivity index (χ1n) is 30.8. The highest BCUT2D eigenvalue weighted by Gasteiger charge is 2.24. The number of benzene rings is 5. The van der Waals surface area contributed by atoms with Gasteiger partial charge >= 0.3 is 23.9 Å². The Morgan fingerprint density at radius 2 is 0.774 bits per heavy atom. The first kappa shape index (κ1) is 65.8. The molecule has 6 rings (SSSR count). The molecule has 4 atom stereocenters. The number of Topliss-reactive ketones (excluding diaryl/α,β-unsaturated/α-hetero) is 1. The van der Waals surface area contributed by atoms with Crippen molar-refractivity contribution in [1.29, 1.82) is 5.26 Å². The number of carbonyl (C=O) groups is 5. The van der Waals surface area contributed by atoms with Gasteiger partial charge in [-0.05, 0) is 156 Å². The fraction of sp³-hybridized carbons (Fsp3) is 0.465. The standard InChI is InChI=1S/C71H87N3O9S/c1-10-18-22-48(14-5)43-80-68(76)59-36-56(37-60(40-59)69(77)81-44-49(15-6)23-19-11-2)54-33-55(35-58(34-54)65-31-30-64(66-67(65)74-84-73-66)53-28-26-52(27-29-53)32-63(42-72)47(9)75)57-38-61(70(78)82-45-50(16-7)24-20-12-3)41-62(39-57)71(79)83-46-51(17-8)25-21-13-4/h26-41,48-51H,10-25,43-46H2,1-9H3/b63-32+. The van der Waals surface area contributed by atoms with Gasteiger partial charge < -0.3 is 18.9 Å². The summed E-state index contributed by atoms with van der Waals surface area (Å²) in [5.74, 6) is -1.80. The highest BCUT2D eigenvalue weighted by atomic mass is 32.1. The first-order chi connectivity index (χ1) is 40.7. The van der Waals surface area contributed by atoms with E-state index in [0.717, 1.165) is 131 Å². The molecule has 4 unspecified atom stereocenters. The fourth-order valence-corrected chi connectivity index (χ4v) is 10.9. The zero-order valence-electron chi connectivity index (χ0n) is 51.1. The zero-order valence-corrected chi connectivity index (χ0v) is 51.9. The van der Waals surface area contributed by atoms with Crippen molar-refractivity contribution in [3.8, 4) is 50.6 Å². The van der Waals surface area contributed by atoms with E-state index in [2.05, 4.69) is 55.4 Å². The largest absolute Gasteiger partial charge is 0.462 e. The minimum absolute atomic E-state index is 0.0575. The third-order valence-corrected chi connectivity index (χ3v) is 16.7. The summed E-state index contributed by atoms with van der Waals surface area (Å²) >= 11 is 1.07. The van der Waals surface area contributed by atoms with Gasteiger partial charge in [-0.1, -0.05) is 169 Å². The van der Waals surface area contributed by atoms with Crippen LogP contribution in [0.25, 0.3) is 61.6 Å². The lowest BCUT2D eigenvalue weighted by Gasteiger charge is -2.18. The number of fused-ring (bicyclic) bond motifs is 1. The molecule has 0 spiro atoms. The molecule has 446 valence electrons. The van der Waals surface area contributed by atoms with E-state index in [0.29, 0.717) is 44.4 Å². The van der Waals surface area contributed by atoms with E-state index < -0.39 is 23.9 Å². The van der Waals surface area contributed by atoms with Crippen molar-refractivity contribution in [3.05, 3.63) is 124 Å². The Labute approximate surface area is 503 Å². The summed E-state index contributed by atoms with van der Waals surface area (Å²) in [6, 6.07) is 29.4. The number of unbranched alkanes of at least 4 members (excludes halogenated alkanes) is 4. The quantitative estimate of drug-likeness (QED) is 0.0162. The number of nitriles is 1. The van der Waals surface area contributed by atoms with Crippen molar-refractivity contribution in [1.82, 2.24) is 8.75 Å². The number of ether oxygens (including phenoxy) is 4. The molecule has 1 heterocycles. The molecule has 0 N–H and O–H groups in total. The van der Waals surface area contributed by atoms with Crippen LogP contribution in [0.3, 0.4) is 0 Å². The number of allylic oxidation sites excluding steroid dienone is 1. The Hall–Kier alpha value is -7.30. The Morgan fingerprint density at radius 3 is 1.08 bits per heavy atom. The smallest absolute Gasteiger partial charge is 0.338 e. The number of esters is 4. The number of nitrogens with zero attached hydrogens (tertiary/aromatic N) is 3. The van der Waals surface area contributed by atoms with Crippen molar-refractivity contribution < 1.29 is 42.9 Å². The highest BCUT2D eigenvalue weighted by Crippen LogP contribution is 2.40. The lowest BCUT2D eigenvalue weighted by atomic mass is 9.90. The molecule has 1 aromatic heterocycles. The van der Waals surface area contributed by atoms with Gasteiger partial charge in [0.1, 0.15) is 17.1 Å². The summed E-state index contributed by atoms with van der Waals surface area (Å²) < 4.78 is 33.9. The maximum atomic E-state index is 14.3. The summed E-state index contributed by atoms with van der Waals surface area (Å²) in [4.78, 5) is 69.3. The Morgan fingerprint density at radius 1 is 0.452 bits per heavy atom. The number of hydrogen-bond donors (Lipinski definition) is 0. The minimum atomic E-state index is -0.555. The Kier molecular flexibility index (Phi) is 26.5. The second-order valence-corrected chi connectivity index (χ2v) is 23.0. The summed E-state index contributed by atoms with van der Waals surface area (Å²) in [7, 11) is 0. The van der Waals surface area contributed by atoms with Crippen LogP contribution in [-0.4, -0.2) is 64.8 Å². The Balaban J connectivity index is 1.57. The lowest BCUT2D eigenvalue weighted by Crippen LogP contribution is -2.16. The van der Waals surface area contributed by atoms with Crippen LogP contribution in [0.15, 0.2) is 96.6 Å². The van der Waals surface area contributed by atoms with Crippen LogP contribution in [0.5, 0.6) is 0 Å². The van der Waals surface area contributed by atoms with E-state index in [4.69, 9.17) is 27.7 Å². The van der Waals surface area contributed by atoms with Gasteiger partial charge in [0, 0.05) is 11.1 Å². The van der Waals surface area contributed by atoms with E-state index in [9.17, 15) is 29.2 Å². The van der Waals surface area contributed by atoms with E-state index in [-0.39, 0.29) is 83.7 Å². The molecule has 0 radical (unpaired) electrons. The normalized spacial score (nSPS) is 12.9. The van der Waals surface area contributed by atoms with E-state index >= 15 is 0 Å². The van der Waals surface area contributed by atoms with Crippen LogP contribution in [-0.2, 0) is 23.7 Å². The number of rotatable bonds is 34. The average molecular weight is 1160 g/mol. The topological polar surface area (TPSA) is 172 Å². The molecule has 13 heteroatoms. The van der Waals surface area contributed by atoms with Gasteiger partial charge in [0.25, 0.3) is 0 Å². The van der Waals surface area contributed by atoms with Gasteiger partial charge in [-0.25, -0.2) is 19.2 Å². The fourth-order valence-electron chi connectivity index (χ4n) is 10.3. The van der Waals surface area contributed by atoms with Crippen LogP contribution < -0.4 is 0 Å². The van der Waals surface area contributed by atoms with E-state index in [1.54, 1.807) is 42.5 Å². The van der Waals surface area contributed by atoms with Crippen LogP contribution in [0.2, 0.25) is 0 Å². The summed E-state index contributed by atoms with van der Waals surface area (Å²) in [5, 5.41) is 9.54. The molecule has 6 aromatic rings. The van der Waals surface area contributed by atoms with Crippen LogP contribution in [0.4, 0.5) is 0 Å². The predicted molar refractivity (Wildman–Crippen MR) is 338 cm³/mol. The van der Waals surface area contributed by atoms with Crippen molar-refractivity contribution in [2.75, 3.05) is 26.4 Å². The molecular weight excluding hydrogens is 1070 g/mol. The third kappa shape index (κ3) is 18.6. The maximum absolute atomic E-state index is 14.3. The molecule has 5 aromatic carbocycles. The van der Waals surface area contributed by atoms with Gasteiger partial charge in [-0.3, -0.25) is 4.79 Å². The van der Waals surface area contributed by atoms with E-state index in [1.165, 1.54) is 6.92 Å². The maximum Gasteiger partial charge on any atom is 0.338 e. The second kappa shape index (κ2) is 33.9. The van der Waals surface area contributed by atoms with Crippen molar-refractivity contribution in [2.24, 2.45) is 23.7 Å². The molecular formula is C71H87N3O9S. The first-order valence-corrected chi connectivity index (χ1v) is 31.6. The van der Waals surface area contributed by atoms with Crippen molar-refractivity contribution >= 4 is 58.5 Å². The SMILES string of the molecule is CCCCC(CC)COC(=O)c1cc(C(=O)OCC(CC)CCCC)cc(-c2cc(-c3cc(C(=O)OCC(CC)CCCC)cc(C(=O)OCC(CC)CCCC)c3)cc(-c3ccc(-c4ccc(/C=C(\C#N)C(C)=O)cc4)c4nsnc34)c2)c1. The van der Waals surface area contributed by atoms with Gasteiger partial charge in [0.05, 0.1) is 66.0 Å². The Bertz CT molecular complexity index is 3010. The van der Waals surface area contributed by atoms with Crippen LogP contribution in [0.1, 0.15) is 212 Å². The van der Waals surface area contributed by atoms with Crippen LogP contribution >= 0.6 is 11.7 Å². The molecule has 0 saturated heterocycles. The highest BCUT2D eigenvalue weighted by molar-refractivity contribution is 7.00. The summed E-state index contributed by atoms with van der Waals surface area (Å²) in [5.41, 5.74) is 8.15. The van der Waals surface area contributed by atoms with E-state index in [1.807, 2.05) is 60.7 Å². The molecule has 0 amide bonds. The van der Waals surface area contributed by atoms with Gasteiger partial charge in [-0.2, -0.15) is 14.0 Å². The van der Waals surface area contributed by atoms with Crippen molar-refractivity contribution in [3.63, 3.8) is 0 Å². The molecule has 0 aliphatic heterocycles. The minimum Gasteiger partial charge on any atom is -0.462 e. The lowest BCUT2D eigenvalue weighted by molar-refractivity contribution is -0.113. The van der Waals surface area contributed by atoms with Gasteiger partial charge in [0.2, 0.25) is 0 Å². The van der Waals surface area contributed by atoms with Gasteiger partial charge in [0.15, 0.2) is 5.78 Å². The summed E-state index contributed by atoms with van der Waals surface area (Å²) in [6.45, 7) is 19.3. The molecule has 84 heavy (non-hydrogen) atoms. The molecule has 0 saturated carbocycles. The molecule has 0 aliphatic rings. The van der Waals surface area contributed by atoms with Crippen LogP contribution in [0, 0.1) is 35.0 Å². The van der Waals surface area contributed by atoms with Crippen molar-refractivity contribution in [2.45, 2.75) is 165 Å². The molecule has 0 aliphatic carbocycles. The second-order valence-electron chi connectivity index (χ2n) is 22.4. The monoisotopic (exact) mass is 1160 g/mol. The zero-order chi connectivity index (χ0) is 60.5. The predicted octanol–water partition coefficient (Wildman–Crippen LogP) is 18.3. The number of aromatic nitrogens is 2. The number of ketones is 1. The molecule has 0 fully saturated rings. The summed E-state index contributed by atoms with van der Waals surface area (Å²) in [6.07, 6.45) is 16.9.